The molecule has 6 nitrogen and oxygen atoms in total. The van der Waals surface area contributed by atoms with Crippen molar-refractivity contribution in [3.8, 4) is 17.2 Å². The molecule has 2 rings (SSSR count). The van der Waals surface area contributed by atoms with E-state index in [1.54, 1.807) is 71.9 Å². The molecule has 0 heterocycles. The van der Waals surface area contributed by atoms with Gasteiger partial charge >= 0.3 is 11.9 Å². The Balaban J connectivity index is 2.50. The Morgan fingerprint density at radius 1 is 0.763 bits per heavy atom. The van der Waals surface area contributed by atoms with Crippen LogP contribution in [0.4, 0.5) is 0 Å². The number of hydrogen-bond acceptors (Lipinski definition) is 6. The topological polar surface area (TPSA) is 78.9 Å². The average molecular weight is 523 g/mol. The number of aryl methyl sites for hydroxylation is 2. The maximum Gasteiger partial charge on any atom is 0.316 e. The van der Waals surface area contributed by atoms with Gasteiger partial charge in [-0.25, -0.2) is 0 Å². The predicted octanol–water partition coefficient (Wildman–Crippen LogP) is 7.40. The van der Waals surface area contributed by atoms with Crippen LogP contribution in [0.3, 0.4) is 0 Å². The quantitative estimate of drug-likeness (QED) is 0.140. The molecule has 206 valence electrons. The Kier molecular flexibility index (Phi) is 10.5. The Labute approximate surface area is 227 Å². The van der Waals surface area contributed by atoms with Crippen LogP contribution in [-0.2, 0) is 22.4 Å². The largest absolute Gasteiger partial charge is 0.493 e. The zero-order valence-corrected chi connectivity index (χ0v) is 24.3. The van der Waals surface area contributed by atoms with Gasteiger partial charge in [-0.15, -0.1) is 0 Å². The maximum atomic E-state index is 13.1. The molecule has 0 spiro atoms. The van der Waals surface area contributed by atoms with Gasteiger partial charge in [0.15, 0.2) is 5.78 Å². The molecule has 0 aliphatic rings. The van der Waals surface area contributed by atoms with E-state index in [9.17, 15) is 14.4 Å². The molecule has 0 aliphatic carbocycles. The lowest BCUT2D eigenvalue weighted by Crippen LogP contribution is -2.26. The lowest BCUT2D eigenvalue weighted by molar-refractivity contribution is -0.143. The summed E-state index contributed by atoms with van der Waals surface area (Å²) < 4.78 is 17.5. The molecule has 0 fully saturated rings. The van der Waals surface area contributed by atoms with Crippen LogP contribution in [0.15, 0.2) is 36.4 Å². The van der Waals surface area contributed by atoms with Crippen LogP contribution in [0, 0.1) is 10.8 Å². The van der Waals surface area contributed by atoms with Crippen LogP contribution >= 0.6 is 0 Å². The number of esters is 2. The summed E-state index contributed by atoms with van der Waals surface area (Å²) in [5, 5.41) is 0. The first-order valence-electron chi connectivity index (χ1n) is 13.3. The first-order valence-corrected chi connectivity index (χ1v) is 13.3. The minimum absolute atomic E-state index is 0.242. The maximum absolute atomic E-state index is 13.1. The van der Waals surface area contributed by atoms with E-state index in [2.05, 4.69) is 0 Å². The SMILES string of the molecule is CCCOc1c(CC)cc(CC)c(OC(=O)C(C)(C)C)c1C=CC(=O)c1ccc(OC(=O)C(C)(C)C)cc1. The Hall–Kier alpha value is -3.41. The van der Waals surface area contributed by atoms with E-state index in [-0.39, 0.29) is 17.7 Å². The number of benzene rings is 2. The van der Waals surface area contributed by atoms with Crippen molar-refractivity contribution in [3.63, 3.8) is 0 Å². The van der Waals surface area contributed by atoms with Gasteiger partial charge in [0, 0.05) is 5.56 Å². The fraction of sp³-hybridized carbons (Fsp3) is 0.469. The number of ether oxygens (including phenoxy) is 3. The van der Waals surface area contributed by atoms with Crippen molar-refractivity contribution in [2.24, 2.45) is 10.8 Å². The van der Waals surface area contributed by atoms with E-state index in [1.165, 1.54) is 6.08 Å². The van der Waals surface area contributed by atoms with Crippen molar-refractivity contribution in [3.05, 3.63) is 58.7 Å². The molecule has 0 unspecified atom stereocenters. The molecule has 6 heteroatoms. The van der Waals surface area contributed by atoms with Gasteiger partial charge in [-0.05, 0) is 114 Å². The van der Waals surface area contributed by atoms with E-state index in [1.807, 2.05) is 26.8 Å². The highest BCUT2D eigenvalue weighted by molar-refractivity contribution is 6.07. The summed E-state index contributed by atoms with van der Waals surface area (Å²) in [6.45, 7) is 17.3. The lowest BCUT2D eigenvalue weighted by atomic mass is 9.95. The van der Waals surface area contributed by atoms with Crippen LogP contribution in [0.5, 0.6) is 17.2 Å². The third-order valence-electron chi connectivity index (χ3n) is 5.80. The predicted molar refractivity (Wildman–Crippen MR) is 151 cm³/mol. The molecule has 0 N–H and O–H groups in total. The van der Waals surface area contributed by atoms with Gasteiger partial charge in [0.1, 0.15) is 17.2 Å². The Bertz CT molecular complexity index is 1170. The lowest BCUT2D eigenvalue weighted by Gasteiger charge is -2.23. The van der Waals surface area contributed by atoms with Crippen molar-refractivity contribution in [2.45, 2.75) is 81.6 Å². The second-order valence-electron chi connectivity index (χ2n) is 11.3. The van der Waals surface area contributed by atoms with Crippen molar-refractivity contribution in [2.75, 3.05) is 6.61 Å². The fourth-order valence-electron chi connectivity index (χ4n) is 3.41. The zero-order valence-electron chi connectivity index (χ0n) is 24.3. The van der Waals surface area contributed by atoms with Crippen molar-refractivity contribution < 1.29 is 28.6 Å². The van der Waals surface area contributed by atoms with Crippen LogP contribution in [0.25, 0.3) is 6.08 Å². The number of carbonyl (C=O) groups excluding carboxylic acids is 3. The highest BCUT2D eigenvalue weighted by Crippen LogP contribution is 2.39. The highest BCUT2D eigenvalue weighted by Gasteiger charge is 2.27. The van der Waals surface area contributed by atoms with Crippen molar-refractivity contribution in [1.82, 2.24) is 0 Å². The van der Waals surface area contributed by atoms with Crippen LogP contribution in [0.2, 0.25) is 0 Å². The molecule has 0 saturated heterocycles. The van der Waals surface area contributed by atoms with Gasteiger partial charge in [-0.2, -0.15) is 0 Å². The molecule has 2 aromatic carbocycles. The third-order valence-corrected chi connectivity index (χ3v) is 5.80. The first-order chi connectivity index (χ1) is 17.7. The van der Waals surface area contributed by atoms with Crippen LogP contribution < -0.4 is 14.2 Å². The van der Waals surface area contributed by atoms with E-state index in [0.717, 1.165) is 24.0 Å². The molecule has 0 bridgehead atoms. The Morgan fingerprint density at radius 3 is 1.79 bits per heavy atom. The molecular formula is C32H42O6. The molecule has 0 atom stereocenters. The van der Waals surface area contributed by atoms with Crippen LogP contribution in [-0.4, -0.2) is 24.3 Å². The van der Waals surface area contributed by atoms with Gasteiger partial charge < -0.3 is 14.2 Å². The summed E-state index contributed by atoms with van der Waals surface area (Å²) in [6.07, 6.45) is 5.31. The molecule has 0 aliphatic heterocycles. The highest BCUT2D eigenvalue weighted by atomic mass is 16.5. The zero-order chi connectivity index (χ0) is 28.7. The molecule has 0 radical (unpaired) electrons. The van der Waals surface area contributed by atoms with E-state index < -0.39 is 10.8 Å². The van der Waals surface area contributed by atoms with Gasteiger partial charge in [-0.3, -0.25) is 14.4 Å². The third kappa shape index (κ3) is 8.04. The van der Waals surface area contributed by atoms with Gasteiger partial charge in [-0.1, -0.05) is 20.8 Å². The number of rotatable bonds is 10. The molecule has 0 aromatic heterocycles. The van der Waals surface area contributed by atoms with Gasteiger partial charge in [0.2, 0.25) is 0 Å². The summed E-state index contributed by atoms with van der Waals surface area (Å²) in [6, 6.07) is 8.46. The van der Waals surface area contributed by atoms with Gasteiger partial charge in [0.05, 0.1) is 23.0 Å². The molecule has 2 aromatic rings. The van der Waals surface area contributed by atoms with E-state index in [0.29, 0.717) is 41.4 Å². The molecule has 0 saturated carbocycles. The van der Waals surface area contributed by atoms with E-state index in [4.69, 9.17) is 14.2 Å². The van der Waals surface area contributed by atoms with Crippen molar-refractivity contribution in [1.29, 1.82) is 0 Å². The smallest absolute Gasteiger partial charge is 0.316 e. The fourth-order valence-corrected chi connectivity index (χ4v) is 3.41. The second kappa shape index (κ2) is 12.9. The summed E-state index contributed by atoms with van der Waals surface area (Å²) >= 11 is 0. The minimum Gasteiger partial charge on any atom is -0.493 e. The normalized spacial score (nSPS) is 11.9. The number of ketones is 1. The van der Waals surface area contributed by atoms with Crippen molar-refractivity contribution >= 4 is 23.8 Å². The van der Waals surface area contributed by atoms with Crippen LogP contribution in [0.1, 0.15) is 95.8 Å². The minimum atomic E-state index is -0.701. The standard InChI is InChI=1S/C32H42O6/c1-10-19-36-27-21(11-2)20-22(12-3)28(38-30(35)32(7,8)9)25(27)17-18-26(33)23-13-15-24(16-14-23)37-29(34)31(4,5)6/h13-18,20H,10-12,19H2,1-9H3. The van der Waals surface area contributed by atoms with E-state index >= 15 is 0 Å². The summed E-state index contributed by atoms with van der Waals surface area (Å²) in [7, 11) is 0. The average Bonchev–Trinajstić information content (AvgIpc) is 2.85. The molecular weight excluding hydrogens is 480 g/mol. The second-order valence-corrected chi connectivity index (χ2v) is 11.3. The van der Waals surface area contributed by atoms with Gasteiger partial charge in [0.25, 0.3) is 0 Å². The number of allylic oxidation sites excluding steroid dienone is 1. The Morgan fingerprint density at radius 2 is 1.29 bits per heavy atom. The molecule has 0 amide bonds. The number of hydrogen-bond donors (Lipinski definition) is 0. The summed E-state index contributed by atoms with van der Waals surface area (Å²) in [4.78, 5) is 38.1. The summed E-state index contributed by atoms with van der Waals surface area (Å²) in [5.74, 6) is 0.463. The molecule has 38 heavy (non-hydrogen) atoms. The monoisotopic (exact) mass is 522 g/mol. The summed E-state index contributed by atoms with van der Waals surface area (Å²) in [5.41, 5.74) is 1.55. The number of carbonyl (C=O) groups is 3. The first kappa shape index (κ1) is 30.8.